The zero-order chi connectivity index (χ0) is 11.3. The standard InChI is InChI=1S/C6H10Br2O6/c7-5(13)3(11)1(9)2(10)4(12)6(5,8)14/h1-4,9-14H/t1-,2-,3-,4+,5+,6-/m1/s1. The molecule has 0 unspecified atom stereocenters. The third-order valence-electron chi connectivity index (χ3n) is 2.27. The first-order chi connectivity index (χ1) is 6.14. The number of aliphatic hydroxyl groups is 6. The van der Waals surface area contributed by atoms with Crippen molar-refractivity contribution in [1.82, 2.24) is 0 Å². The Morgan fingerprint density at radius 1 is 0.714 bits per heavy atom. The summed E-state index contributed by atoms with van der Waals surface area (Å²) in [7, 11) is 0. The third kappa shape index (κ3) is 1.54. The normalized spacial score (nSPS) is 60.0. The van der Waals surface area contributed by atoms with Gasteiger partial charge in [0.25, 0.3) is 0 Å². The summed E-state index contributed by atoms with van der Waals surface area (Å²) in [6, 6.07) is 0. The van der Waals surface area contributed by atoms with Crippen LogP contribution >= 0.6 is 31.9 Å². The predicted octanol–water partition coefficient (Wildman–Crippen LogP) is -2.39. The molecule has 1 aliphatic rings. The van der Waals surface area contributed by atoms with Gasteiger partial charge < -0.3 is 30.6 Å². The van der Waals surface area contributed by atoms with Crippen LogP contribution in [0.5, 0.6) is 0 Å². The minimum Gasteiger partial charge on any atom is -0.387 e. The maximum Gasteiger partial charge on any atom is 0.189 e. The third-order valence-corrected chi connectivity index (χ3v) is 4.95. The maximum atomic E-state index is 9.57. The van der Waals surface area contributed by atoms with Crippen LogP contribution in [0.2, 0.25) is 0 Å². The lowest BCUT2D eigenvalue weighted by atomic mass is 9.85. The molecule has 0 aromatic heterocycles. The molecule has 6 nitrogen and oxygen atoms in total. The molecule has 14 heavy (non-hydrogen) atoms. The summed E-state index contributed by atoms with van der Waals surface area (Å²) in [4.78, 5) is 0. The summed E-state index contributed by atoms with van der Waals surface area (Å²) in [6.45, 7) is 0. The second kappa shape index (κ2) is 3.63. The Bertz CT molecular complexity index is 208. The first kappa shape index (κ1) is 12.8. The van der Waals surface area contributed by atoms with Crippen LogP contribution in [-0.2, 0) is 0 Å². The Balaban J connectivity index is 3.10. The van der Waals surface area contributed by atoms with E-state index in [1.807, 2.05) is 0 Å². The average molecular weight is 338 g/mol. The number of halogens is 2. The Hall–Kier alpha value is 0.720. The molecule has 0 bridgehead atoms. The Kier molecular flexibility index (Phi) is 3.32. The van der Waals surface area contributed by atoms with Crippen LogP contribution < -0.4 is 0 Å². The molecule has 1 aliphatic carbocycles. The molecule has 0 saturated heterocycles. The van der Waals surface area contributed by atoms with Crippen molar-refractivity contribution in [3.05, 3.63) is 0 Å². The van der Waals surface area contributed by atoms with E-state index in [-0.39, 0.29) is 0 Å². The van der Waals surface area contributed by atoms with E-state index in [1.54, 1.807) is 0 Å². The van der Waals surface area contributed by atoms with Crippen LogP contribution in [0.4, 0.5) is 0 Å². The van der Waals surface area contributed by atoms with Gasteiger partial charge in [-0.25, -0.2) is 0 Å². The molecule has 0 radical (unpaired) electrons. The van der Waals surface area contributed by atoms with Gasteiger partial charge in [-0.3, -0.25) is 0 Å². The van der Waals surface area contributed by atoms with Crippen molar-refractivity contribution >= 4 is 31.9 Å². The van der Waals surface area contributed by atoms with Crippen molar-refractivity contribution in [2.24, 2.45) is 0 Å². The van der Waals surface area contributed by atoms with Crippen molar-refractivity contribution in [3.63, 3.8) is 0 Å². The lowest BCUT2D eigenvalue weighted by Crippen LogP contribution is -2.72. The second-order valence-electron chi connectivity index (χ2n) is 3.22. The highest BCUT2D eigenvalue weighted by Crippen LogP contribution is 2.45. The van der Waals surface area contributed by atoms with Crippen LogP contribution in [0, 0.1) is 0 Å². The molecule has 0 amide bonds. The Morgan fingerprint density at radius 3 is 1.14 bits per heavy atom. The fourth-order valence-electron chi connectivity index (χ4n) is 1.24. The van der Waals surface area contributed by atoms with E-state index in [4.69, 9.17) is 0 Å². The summed E-state index contributed by atoms with van der Waals surface area (Å²) in [5.41, 5.74) is 0. The highest BCUT2D eigenvalue weighted by atomic mass is 79.9. The molecule has 1 saturated carbocycles. The number of hydrogen-bond donors (Lipinski definition) is 6. The number of hydrogen-bond acceptors (Lipinski definition) is 6. The topological polar surface area (TPSA) is 121 Å². The minimum atomic E-state index is -2.36. The molecule has 0 aliphatic heterocycles. The maximum absolute atomic E-state index is 9.57. The average Bonchev–Trinajstić information content (AvgIpc) is 2.10. The molecule has 6 atom stereocenters. The van der Waals surface area contributed by atoms with Crippen LogP contribution in [0.25, 0.3) is 0 Å². The van der Waals surface area contributed by atoms with Crippen molar-refractivity contribution in [2.45, 2.75) is 33.4 Å². The molecule has 0 aromatic rings. The van der Waals surface area contributed by atoms with Gasteiger partial charge in [0.1, 0.15) is 24.4 Å². The molecule has 0 aromatic carbocycles. The lowest BCUT2D eigenvalue weighted by Gasteiger charge is -2.49. The summed E-state index contributed by atoms with van der Waals surface area (Å²) < 4.78 is -4.73. The van der Waals surface area contributed by atoms with Gasteiger partial charge >= 0.3 is 0 Å². The van der Waals surface area contributed by atoms with Crippen LogP contribution in [-0.4, -0.2) is 64.1 Å². The van der Waals surface area contributed by atoms with Gasteiger partial charge in [-0.05, 0) is 31.9 Å². The summed E-state index contributed by atoms with van der Waals surface area (Å²) in [6.07, 6.45) is -7.25. The van der Waals surface area contributed by atoms with Crippen molar-refractivity contribution in [3.8, 4) is 0 Å². The van der Waals surface area contributed by atoms with Crippen LogP contribution in [0.15, 0.2) is 0 Å². The Labute approximate surface area is 96.1 Å². The summed E-state index contributed by atoms with van der Waals surface area (Å²) >= 11 is 5.13. The first-order valence-corrected chi connectivity index (χ1v) is 5.27. The van der Waals surface area contributed by atoms with Gasteiger partial charge in [0, 0.05) is 0 Å². The smallest absolute Gasteiger partial charge is 0.189 e. The molecule has 0 spiro atoms. The second-order valence-corrected chi connectivity index (χ2v) is 5.64. The zero-order valence-electron chi connectivity index (χ0n) is 6.75. The number of alkyl halides is 2. The number of aliphatic hydroxyl groups excluding tert-OH is 4. The monoisotopic (exact) mass is 336 g/mol. The molecular formula is C6H10Br2O6. The summed E-state index contributed by atoms with van der Waals surface area (Å²) in [5.74, 6) is 0. The molecule has 6 N–H and O–H groups in total. The number of rotatable bonds is 0. The zero-order valence-corrected chi connectivity index (χ0v) is 9.92. The van der Waals surface area contributed by atoms with Crippen molar-refractivity contribution in [2.75, 3.05) is 0 Å². The minimum absolute atomic E-state index is 1.77. The quantitative estimate of drug-likeness (QED) is 0.274. The van der Waals surface area contributed by atoms with E-state index in [0.29, 0.717) is 0 Å². The van der Waals surface area contributed by atoms with Gasteiger partial charge in [0.15, 0.2) is 9.02 Å². The van der Waals surface area contributed by atoms with E-state index >= 15 is 0 Å². The molecule has 1 rings (SSSR count). The molecule has 1 fully saturated rings. The van der Waals surface area contributed by atoms with Crippen molar-refractivity contribution in [1.29, 1.82) is 0 Å². The van der Waals surface area contributed by atoms with Gasteiger partial charge in [0.05, 0.1) is 0 Å². The highest BCUT2D eigenvalue weighted by molar-refractivity contribution is 9.12. The first-order valence-electron chi connectivity index (χ1n) is 3.69. The largest absolute Gasteiger partial charge is 0.387 e. The highest BCUT2D eigenvalue weighted by Gasteiger charge is 2.64. The summed E-state index contributed by atoms with van der Waals surface area (Å²) in [5, 5.41) is 56.2. The van der Waals surface area contributed by atoms with E-state index < -0.39 is 33.4 Å². The van der Waals surface area contributed by atoms with Gasteiger partial charge in [-0.1, -0.05) is 0 Å². The van der Waals surface area contributed by atoms with Crippen LogP contribution in [0.1, 0.15) is 0 Å². The fraction of sp³-hybridized carbons (Fsp3) is 1.00. The predicted molar refractivity (Wildman–Crippen MR) is 51.8 cm³/mol. The van der Waals surface area contributed by atoms with Crippen LogP contribution in [0.3, 0.4) is 0 Å². The van der Waals surface area contributed by atoms with E-state index in [9.17, 15) is 30.6 Å². The molecule has 84 valence electrons. The van der Waals surface area contributed by atoms with E-state index in [0.717, 1.165) is 0 Å². The fourth-order valence-corrected chi connectivity index (χ4v) is 2.25. The van der Waals surface area contributed by atoms with E-state index in [2.05, 4.69) is 31.9 Å². The molecule has 8 heteroatoms. The lowest BCUT2D eigenvalue weighted by molar-refractivity contribution is -0.243. The van der Waals surface area contributed by atoms with Gasteiger partial charge in [-0.2, -0.15) is 0 Å². The van der Waals surface area contributed by atoms with Gasteiger partial charge in [0.2, 0.25) is 0 Å². The van der Waals surface area contributed by atoms with Gasteiger partial charge in [-0.15, -0.1) is 0 Å². The molecular weight excluding hydrogens is 328 g/mol. The van der Waals surface area contributed by atoms with Crippen molar-refractivity contribution < 1.29 is 30.6 Å². The Morgan fingerprint density at radius 2 is 0.929 bits per heavy atom. The van der Waals surface area contributed by atoms with E-state index in [1.165, 1.54) is 0 Å². The SMILES string of the molecule is O[C@@H]1[C@@H](O)[C@H](O)[C@](O)(Br)[C@](O)(Br)[C@@H]1O. The molecule has 0 heterocycles.